The second kappa shape index (κ2) is 6.30. The molecule has 3 heterocycles. The van der Waals surface area contributed by atoms with Crippen LogP contribution in [0, 0.1) is 13.8 Å². The Balaban J connectivity index is 1.76. The molecule has 0 spiro atoms. The van der Waals surface area contributed by atoms with Gasteiger partial charge in [0.2, 0.25) is 5.13 Å². The average molecular weight is 384 g/mol. The quantitative estimate of drug-likeness (QED) is 0.550. The number of benzene rings is 1. The number of anilines is 2. The molecule has 0 unspecified atom stereocenters. The van der Waals surface area contributed by atoms with E-state index in [-0.39, 0.29) is 5.91 Å². The first-order valence-electron chi connectivity index (χ1n) is 8.20. The Morgan fingerprint density at radius 2 is 1.92 bits per heavy atom. The molecule has 0 fully saturated rings. The van der Waals surface area contributed by atoms with Gasteiger partial charge in [0.1, 0.15) is 14.7 Å². The predicted octanol–water partition coefficient (Wildman–Crippen LogP) is 4.31. The highest BCUT2D eigenvalue weighted by atomic mass is 32.1. The van der Waals surface area contributed by atoms with Crippen LogP contribution in [-0.2, 0) is 6.42 Å². The number of aromatic nitrogens is 3. The fourth-order valence-corrected chi connectivity index (χ4v) is 4.39. The maximum Gasteiger partial charge on any atom is 0.269 e. The Hall–Kier alpha value is -2.58. The van der Waals surface area contributed by atoms with Gasteiger partial charge in [0.25, 0.3) is 5.91 Å². The van der Waals surface area contributed by atoms with Crippen molar-refractivity contribution in [3.8, 4) is 0 Å². The van der Waals surface area contributed by atoms with Gasteiger partial charge in [-0.3, -0.25) is 10.1 Å². The van der Waals surface area contributed by atoms with Crippen molar-refractivity contribution in [3.05, 3.63) is 39.2 Å². The van der Waals surface area contributed by atoms with Gasteiger partial charge in [-0.25, -0.2) is 4.98 Å². The molecule has 8 heteroatoms. The van der Waals surface area contributed by atoms with Crippen molar-refractivity contribution in [2.24, 2.45) is 0 Å². The zero-order chi connectivity index (χ0) is 18.4. The molecular weight excluding hydrogens is 366 g/mol. The lowest BCUT2D eigenvalue weighted by Crippen LogP contribution is -2.11. The van der Waals surface area contributed by atoms with Gasteiger partial charge < -0.3 is 5.73 Å². The lowest BCUT2D eigenvalue weighted by molar-refractivity contribution is 0.103. The summed E-state index contributed by atoms with van der Waals surface area (Å²) in [6, 6.07) is 6.17. The summed E-state index contributed by atoms with van der Waals surface area (Å²) in [6.07, 6.45) is 0.786. The monoisotopic (exact) mass is 383 g/mol. The number of pyridine rings is 1. The number of carbonyl (C=O) groups excluding carboxylic acids is 1. The van der Waals surface area contributed by atoms with E-state index in [1.807, 2.05) is 13.0 Å². The maximum atomic E-state index is 12.6. The molecule has 6 nitrogen and oxygen atoms in total. The molecule has 1 amide bonds. The fraction of sp³-hybridized carbons (Fsp3) is 0.222. The molecule has 0 saturated carbocycles. The first-order valence-corrected chi connectivity index (χ1v) is 9.83. The van der Waals surface area contributed by atoms with Gasteiger partial charge in [-0.1, -0.05) is 18.3 Å². The molecule has 0 saturated heterocycles. The third-order valence-electron chi connectivity index (χ3n) is 4.32. The van der Waals surface area contributed by atoms with E-state index in [1.165, 1.54) is 33.8 Å². The molecule has 0 bridgehead atoms. The molecule has 3 aromatic heterocycles. The van der Waals surface area contributed by atoms with E-state index < -0.39 is 0 Å². The molecule has 0 atom stereocenters. The Kier molecular flexibility index (Phi) is 4.08. The van der Waals surface area contributed by atoms with Crippen LogP contribution in [0.15, 0.2) is 18.2 Å². The van der Waals surface area contributed by atoms with Crippen LogP contribution >= 0.6 is 22.7 Å². The van der Waals surface area contributed by atoms with E-state index in [0.717, 1.165) is 32.5 Å². The molecule has 0 aliphatic carbocycles. The minimum Gasteiger partial charge on any atom is -0.397 e. The number of fused-ring (bicyclic) bond motifs is 2. The summed E-state index contributed by atoms with van der Waals surface area (Å²) in [4.78, 5) is 18.5. The Labute approximate surface area is 158 Å². The molecule has 3 N–H and O–H groups in total. The van der Waals surface area contributed by atoms with E-state index >= 15 is 0 Å². The van der Waals surface area contributed by atoms with Crippen LogP contribution in [0.25, 0.3) is 21.1 Å². The number of nitrogens with two attached hydrogens (primary N) is 1. The molecule has 0 aliphatic heterocycles. The second-order valence-electron chi connectivity index (χ2n) is 6.12. The van der Waals surface area contributed by atoms with Gasteiger partial charge in [-0.15, -0.1) is 21.5 Å². The third kappa shape index (κ3) is 2.81. The topological polar surface area (TPSA) is 93.8 Å². The fourth-order valence-electron chi connectivity index (χ4n) is 2.74. The van der Waals surface area contributed by atoms with E-state index in [1.54, 1.807) is 0 Å². The number of hydrogen-bond donors (Lipinski definition) is 2. The lowest BCUT2D eigenvalue weighted by atomic mass is 10.1. The van der Waals surface area contributed by atoms with Crippen molar-refractivity contribution in [1.29, 1.82) is 0 Å². The normalized spacial score (nSPS) is 11.3. The molecular formula is C18H17N5OS2. The lowest BCUT2D eigenvalue weighted by Gasteiger charge is -2.03. The number of thiophene rings is 1. The largest absolute Gasteiger partial charge is 0.397 e. The highest BCUT2D eigenvalue weighted by Crippen LogP contribution is 2.35. The van der Waals surface area contributed by atoms with Gasteiger partial charge in [-0.2, -0.15) is 0 Å². The molecule has 4 aromatic rings. The zero-order valence-electron chi connectivity index (χ0n) is 14.6. The van der Waals surface area contributed by atoms with Crippen molar-refractivity contribution in [3.63, 3.8) is 0 Å². The van der Waals surface area contributed by atoms with E-state index in [4.69, 9.17) is 10.7 Å². The van der Waals surface area contributed by atoms with Gasteiger partial charge in [0.05, 0.1) is 11.2 Å². The van der Waals surface area contributed by atoms with Gasteiger partial charge in [0.15, 0.2) is 0 Å². The van der Waals surface area contributed by atoms with Crippen molar-refractivity contribution in [2.45, 2.75) is 27.2 Å². The number of amides is 1. The van der Waals surface area contributed by atoms with E-state index in [9.17, 15) is 4.79 Å². The number of nitrogens with zero attached hydrogens (tertiary/aromatic N) is 3. The number of nitrogen functional groups attached to an aromatic ring is 1. The molecule has 26 heavy (non-hydrogen) atoms. The first kappa shape index (κ1) is 16.9. The predicted molar refractivity (Wildman–Crippen MR) is 108 cm³/mol. The van der Waals surface area contributed by atoms with Crippen LogP contribution in [0.5, 0.6) is 0 Å². The standard InChI is InChI=1S/C18H17N5OS2/c1-4-13-22-23-18(25-13)21-16(24)15-14(19)11-7-10-5-8(2)9(3)6-12(10)20-17(11)26-15/h5-7H,4,19H2,1-3H3,(H,21,23,24). The highest BCUT2D eigenvalue weighted by molar-refractivity contribution is 7.21. The minimum absolute atomic E-state index is 0.277. The number of carbonyl (C=O) groups is 1. The first-order chi connectivity index (χ1) is 12.5. The summed E-state index contributed by atoms with van der Waals surface area (Å²) >= 11 is 2.66. The maximum absolute atomic E-state index is 12.6. The second-order valence-corrected chi connectivity index (χ2v) is 8.18. The van der Waals surface area contributed by atoms with Crippen LogP contribution in [-0.4, -0.2) is 21.1 Å². The van der Waals surface area contributed by atoms with Crippen molar-refractivity contribution in [2.75, 3.05) is 11.1 Å². The minimum atomic E-state index is -0.277. The SMILES string of the molecule is CCc1nnc(NC(=O)c2sc3nc4cc(C)c(C)cc4cc3c2N)s1. The van der Waals surface area contributed by atoms with E-state index in [0.29, 0.717) is 15.7 Å². The smallest absolute Gasteiger partial charge is 0.269 e. The van der Waals surface area contributed by atoms with Gasteiger partial charge in [0, 0.05) is 10.8 Å². The number of aryl methyl sites for hydroxylation is 3. The summed E-state index contributed by atoms with van der Waals surface area (Å²) in [5.41, 5.74) is 10.0. The average Bonchev–Trinajstić information content (AvgIpc) is 3.19. The number of nitrogens with one attached hydrogen (secondary N) is 1. The Bertz CT molecular complexity index is 1160. The Morgan fingerprint density at radius 3 is 2.65 bits per heavy atom. The summed E-state index contributed by atoms with van der Waals surface area (Å²) < 4.78 is 0. The molecule has 1 aromatic carbocycles. The summed E-state index contributed by atoms with van der Waals surface area (Å²) in [7, 11) is 0. The van der Waals surface area contributed by atoms with Gasteiger partial charge >= 0.3 is 0 Å². The van der Waals surface area contributed by atoms with E-state index in [2.05, 4.69) is 41.5 Å². The summed E-state index contributed by atoms with van der Waals surface area (Å²) in [5.74, 6) is -0.277. The van der Waals surface area contributed by atoms with Crippen molar-refractivity contribution in [1.82, 2.24) is 15.2 Å². The number of hydrogen-bond acceptors (Lipinski definition) is 7. The molecule has 132 valence electrons. The van der Waals surface area contributed by atoms with Crippen LogP contribution in [0.3, 0.4) is 0 Å². The molecule has 0 aliphatic rings. The zero-order valence-corrected chi connectivity index (χ0v) is 16.2. The molecule has 0 radical (unpaired) electrons. The van der Waals surface area contributed by atoms with Crippen LogP contribution < -0.4 is 11.1 Å². The summed E-state index contributed by atoms with van der Waals surface area (Å²) in [6.45, 7) is 6.13. The van der Waals surface area contributed by atoms with Crippen molar-refractivity contribution < 1.29 is 4.79 Å². The van der Waals surface area contributed by atoms with Crippen LogP contribution in [0.4, 0.5) is 10.8 Å². The molecule has 4 rings (SSSR count). The Morgan fingerprint density at radius 1 is 1.15 bits per heavy atom. The van der Waals surface area contributed by atoms with Crippen LogP contribution in [0.1, 0.15) is 32.7 Å². The summed E-state index contributed by atoms with van der Waals surface area (Å²) in [5, 5.41) is 14.0. The number of rotatable bonds is 3. The third-order valence-corrected chi connectivity index (χ3v) is 6.42. The van der Waals surface area contributed by atoms with Gasteiger partial charge in [-0.05, 0) is 49.6 Å². The van der Waals surface area contributed by atoms with Crippen LogP contribution in [0.2, 0.25) is 0 Å². The highest BCUT2D eigenvalue weighted by Gasteiger charge is 2.19. The van der Waals surface area contributed by atoms with Crippen molar-refractivity contribution >= 4 is 60.5 Å².